The van der Waals surface area contributed by atoms with E-state index >= 15 is 0 Å². The fourth-order valence-corrected chi connectivity index (χ4v) is 3.77. The van der Waals surface area contributed by atoms with Gasteiger partial charge in [0.1, 0.15) is 11.5 Å². The molecule has 0 bridgehead atoms. The molecule has 2 aromatic heterocycles. The van der Waals surface area contributed by atoms with Crippen molar-refractivity contribution in [1.82, 2.24) is 14.7 Å². The molecule has 7 nitrogen and oxygen atoms in total. The summed E-state index contributed by atoms with van der Waals surface area (Å²) in [5.74, 6) is -1.67. The predicted molar refractivity (Wildman–Crippen MR) is 102 cm³/mol. The van der Waals surface area contributed by atoms with Crippen LogP contribution in [0.5, 0.6) is 0 Å². The van der Waals surface area contributed by atoms with Gasteiger partial charge in [-0.3, -0.25) is 9.20 Å². The van der Waals surface area contributed by atoms with Crippen LogP contribution < -0.4 is 5.32 Å². The maximum atomic E-state index is 13.1. The summed E-state index contributed by atoms with van der Waals surface area (Å²) in [6.45, 7) is 0.121. The van der Waals surface area contributed by atoms with Crippen LogP contribution >= 0.6 is 11.3 Å². The van der Waals surface area contributed by atoms with Crippen molar-refractivity contribution in [3.8, 4) is 11.3 Å². The third kappa shape index (κ3) is 3.45. The second kappa shape index (κ2) is 7.44. The molecule has 3 aromatic rings. The van der Waals surface area contributed by atoms with Gasteiger partial charge in [-0.05, 0) is 36.4 Å². The molecule has 1 aromatic carbocycles. The second-order valence-corrected chi connectivity index (χ2v) is 7.02. The topological polar surface area (TPSA) is 74.1 Å². The fraction of sp³-hybridized carbons (Fsp3) is 0.263. The molecular formula is C19H18FN3O4S. The van der Waals surface area contributed by atoms with Gasteiger partial charge in [0.25, 0.3) is 5.91 Å². The largest absolute Gasteiger partial charge is 0.352 e. The second-order valence-electron chi connectivity index (χ2n) is 6.19. The van der Waals surface area contributed by atoms with Gasteiger partial charge in [0, 0.05) is 31.4 Å². The molecular weight excluding hydrogens is 385 g/mol. The summed E-state index contributed by atoms with van der Waals surface area (Å²) in [6.07, 6.45) is 4.68. The number of nitrogens with one attached hydrogen (secondary N) is 1. The first-order valence-corrected chi connectivity index (χ1v) is 9.37. The van der Waals surface area contributed by atoms with Gasteiger partial charge in [-0.2, -0.15) is 0 Å². The van der Waals surface area contributed by atoms with Crippen molar-refractivity contribution in [1.29, 1.82) is 0 Å². The standard InChI is InChI=1S/C19H18FN3O4S/c1-25-16-7-8-19(26-2,27-16)11-21-17(24)15-10-28-18-22-14(9-23(15)18)12-3-5-13(20)6-4-12/h3-10,16H,11H2,1-2H3,(H,21,24). The molecule has 146 valence electrons. The summed E-state index contributed by atoms with van der Waals surface area (Å²) in [7, 11) is 3.03. The van der Waals surface area contributed by atoms with E-state index in [2.05, 4.69) is 10.3 Å². The zero-order valence-corrected chi connectivity index (χ0v) is 16.0. The van der Waals surface area contributed by atoms with Gasteiger partial charge in [0.2, 0.25) is 5.79 Å². The molecule has 1 aliphatic rings. The molecule has 9 heteroatoms. The number of hydrogen-bond acceptors (Lipinski definition) is 6. The number of ether oxygens (including phenoxy) is 3. The number of methoxy groups -OCH3 is 2. The van der Waals surface area contributed by atoms with E-state index in [0.29, 0.717) is 16.3 Å². The molecule has 4 rings (SSSR count). The molecule has 3 heterocycles. The van der Waals surface area contributed by atoms with Crippen LogP contribution in [0.15, 0.2) is 48.0 Å². The first kappa shape index (κ1) is 18.8. The van der Waals surface area contributed by atoms with Crippen LogP contribution in [0.25, 0.3) is 16.2 Å². The maximum absolute atomic E-state index is 13.1. The van der Waals surface area contributed by atoms with Gasteiger partial charge < -0.3 is 19.5 Å². The van der Waals surface area contributed by atoms with Crippen molar-refractivity contribution >= 4 is 22.2 Å². The van der Waals surface area contributed by atoms with Crippen molar-refractivity contribution in [3.63, 3.8) is 0 Å². The molecule has 0 radical (unpaired) electrons. The van der Waals surface area contributed by atoms with E-state index in [9.17, 15) is 9.18 Å². The number of hydrogen-bond donors (Lipinski definition) is 1. The van der Waals surface area contributed by atoms with E-state index in [1.54, 1.807) is 40.3 Å². The highest BCUT2D eigenvalue weighted by Crippen LogP contribution is 2.26. The van der Waals surface area contributed by atoms with Crippen LogP contribution in [0, 0.1) is 5.82 Å². The number of amides is 1. The van der Waals surface area contributed by atoms with Crippen LogP contribution in [0.1, 0.15) is 10.5 Å². The lowest BCUT2D eigenvalue weighted by atomic mass is 10.2. The van der Waals surface area contributed by atoms with E-state index in [1.807, 2.05) is 0 Å². The minimum Gasteiger partial charge on any atom is -0.352 e. The number of fused-ring (bicyclic) bond motifs is 1. The fourth-order valence-electron chi connectivity index (χ4n) is 2.92. The zero-order chi connectivity index (χ0) is 19.7. The average molecular weight is 403 g/mol. The lowest BCUT2D eigenvalue weighted by Crippen LogP contribution is -2.44. The van der Waals surface area contributed by atoms with Gasteiger partial charge in [0.15, 0.2) is 11.3 Å². The maximum Gasteiger partial charge on any atom is 0.269 e. The first-order valence-electron chi connectivity index (χ1n) is 8.49. The Balaban J connectivity index is 1.52. The highest BCUT2D eigenvalue weighted by atomic mass is 32.1. The Labute approximate surface area is 164 Å². The lowest BCUT2D eigenvalue weighted by Gasteiger charge is -2.27. The minimum absolute atomic E-state index is 0.121. The number of benzene rings is 1. The monoisotopic (exact) mass is 403 g/mol. The molecule has 0 fully saturated rings. The van der Waals surface area contributed by atoms with Crippen LogP contribution in [-0.2, 0) is 14.2 Å². The van der Waals surface area contributed by atoms with E-state index in [0.717, 1.165) is 5.56 Å². The Morgan fingerprint density at radius 3 is 2.86 bits per heavy atom. The van der Waals surface area contributed by atoms with Gasteiger partial charge in [-0.1, -0.05) is 0 Å². The summed E-state index contributed by atoms with van der Waals surface area (Å²) >= 11 is 1.35. The number of carbonyl (C=O) groups excluding carboxylic acids is 1. The number of carbonyl (C=O) groups is 1. The molecule has 1 amide bonds. The van der Waals surface area contributed by atoms with E-state index < -0.39 is 12.1 Å². The van der Waals surface area contributed by atoms with Crippen LogP contribution in [-0.4, -0.2) is 48.1 Å². The van der Waals surface area contributed by atoms with Gasteiger partial charge in [-0.25, -0.2) is 9.37 Å². The minimum atomic E-state index is -1.07. The number of thiazole rings is 1. The molecule has 1 aliphatic heterocycles. The molecule has 0 aliphatic carbocycles. The van der Waals surface area contributed by atoms with Gasteiger partial charge in [-0.15, -0.1) is 11.3 Å². The van der Waals surface area contributed by atoms with Crippen LogP contribution in [0.4, 0.5) is 4.39 Å². The quantitative estimate of drug-likeness (QED) is 0.641. The third-order valence-corrected chi connectivity index (χ3v) is 5.32. The summed E-state index contributed by atoms with van der Waals surface area (Å²) < 4.78 is 31.0. The zero-order valence-electron chi connectivity index (χ0n) is 15.2. The normalized spacial score (nSPS) is 21.5. The summed E-state index contributed by atoms with van der Waals surface area (Å²) in [5, 5.41) is 4.56. The number of nitrogens with zero attached hydrogens (tertiary/aromatic N) is 2. The van der Waals surface area contributed by atoms with Gasteiger partial charge >= 0.3 is 0 Å². The summed E-state index contributed by atoms with van der Waals surface area (Å²) in [5.41, 5.74) is 1.88. The Kier molecular flexibility index (Phi) is 4.98. The molecule has 1 N–H and O–H groups in total. The Morgan fingerprint density at radius 1 is 1.39 bits per heavy atom. The summed E-state index contributed by atoms with van der Waals surface area (Å²) in [4.78, 5) is 17.9. The smallest absolute Gasteiger partial charge is 0.269 e. The number of imidazole rings is 1. The Bertz CT molecular complexity index is 1030. The van der Waals surface area contributed by atoms with Crippen molar-refractivity contribution in [3.05, 3.63) is 59.5 Å². The Morgan fingerprint density at radius 2 is 2.18 bits per heavy atom. The molecule has 0 saturated heterocycles. The highest BCUT2D eigenvalue weighted by molar-refractivity contribution is 7.15. The molecule has 0 saturated carbocycles. The number of aromatic nitrogens is 2. The SMILES string of the molecule is COC1C=CC(CNC(=O)c2csc3nc(-c4ccc(F)cc4)cn23)(OC)O1. The molecule has 2 atom stereocenters. The highest BCUT2D eigenvalue weighted by Gasteiger charge is 2.36. The molecule has 0 spiro atoms. The number of rotatable bonds is 6. The molecule has 28 heavy (non-hydrogen) atoms. The number of halogens is 1. The van der Waals surface area contributed by atoms with Crippen molar-refractivity contribution in [2.24, 2.45) is 0 Å². The van der Waals surface area contributed by atoms with E-state index in [4.69, 9.17) is 14.2 Å². The molecule has 2 unspecified atom stereocenters. The third-order valence-electron chi connectivity index (χ3n) is 4.48. The van der Waals surface area contributed by atoms with Crippen LogP contribution in [0.3, 0.4) is 0 Å². The van der Waals surface area contributed by atoms with E-state index in [1.165, 1.54) is 37.7 Å². The lowest BCUT2D eigenvalue weighted by molar-refractivity contribution is -0.238. The average Bonchev–Trinajstić information content (AvgIpc) is 3.41. The Hall–Kier alpha value is -2.59. The predicted octanol–water partition coefficient (Wildman–Crippen LogP) is 2.83. The first-order chi connectivity index (χ1) is 13.5. The van der Waals surface area contributed by atoms with Crippen LogP contribution in [0.2, 0.25) is 0 Å². The van der Waals surface area contributed by atoms with Crippen molar-refractivity contribution < 1.29 is 23.4 Å². The van der Waals surface area contributed by atoms with Gasteiger partial charge in [0.05, 0.1) is 12.2 Å². The van der Waals surface area contributed by atoms with E-state index in [-0.39, 0.29) is 18.3 Å². The summed E-state index contributed by atoms with van der Waals surface area (Å²) in [6, 6.07) is 6.06. The van der Waals surface area contributed by atoms with Crippen molar-refractivity contribution in [2.45, 2.75) is 12.1 Å². The van der Waals surface area contributed by atoms with Crippen molar-refractivity contribution in [2.75, 3.05) is 20.8 Å².